The molecule has 13 heavy (non-hydrogen) atoms. The molecule has 2 rings (SSSR count). The van der Waals surface area contributed by atoms with Crippen molar-refractivity contribution in [3.05, 3.63) is 22.8 Å². The van der Waals surface area contributed by atoms with E-state index in [1.807, 2.05) is 0 Å². The third-order valence-electron chi connectivity index (χ3n) is 2.22. The Balaban J connectivity index is 2.43. The predicted octanol–water partition coefficient (Wildman–Crippen LogP) is 0.108. The van der Waals surface area contributed by atoms with Gasteiger partial charge in [-0.2, -0.15) is 0 Å². The van der Waals surface area contributed by atoms with Gasteiger partial charge in [-0.15, -0.1) is 0 Å². The molecule has 0 saturated carbocycles. The van der Waals surface area contributed by atoms with E-state index in [0.717, 1.165) is 0 Å². The van der Waals surface area contributed by atoms with Crippen molar-refractivity contribution in [3.63, 3.8) is 0 Å². The van der Waals surface area contributed by atoms with Gasteiger partial charge < -0.3 is 16.2 Å². The number of nitrogens with zero attached hydrogens (tertiary/aromatic N) is 1. The maximum Gasteiger partial charge on any atom is 0.129 e. The van der Waals surface area contributed by atoms with Crippen molar-refractivity contribution in [2.24, 2.45) is 0 Å². The Hall–Kier alpha value is -0.840. The van der Waals surface area contributed by atoms with Gasteiger partial charge in [-0.1, -0.05) is 11.6 Å². The molecule has 0 atom stereocenters. The number of anilines is 1. The second kappa shape index (κ2) is 2.83. The second-order valence-electron chi connectivity index (χ2n) is 3.22. The summed E-state index contributed by atoms with van der Waals surface area (Å²) in [5, 5.41) is 13.4. The van der Waals surface area contributed by atoms with Crippen molar-refractivity contribution >= 4 is 17.4 Å². The van der Waals surface area contributed by atoms with Gasteiger partial charge in [0.15, 0.2) is 0 Å². The van der Waals surface area contributed by atoms with Crippen LogP contribution in [0.25, 0.3) is 0 Å². The van der Waals surface area contributed by atoms with Crippen LogP contribution in [-0.4, -0.2) is 23.2 Å². The highest BCUT2D eigenvalue weighted by molar-refractivity contribution is 6.30. The highest BCUT2D eigenvalue weighted by atomic mass is 35.5. The van der Waals surface area contributed by atoms with Gasteiger partial charge in [-0.25, -0.2) is 4.98 Å². The molecular formula is C8H10ClN3O. The molecule has 0 bridgehead atoms. The fraction of sp³-hybridized carbons (Fsp3) is 0.375. The van der Waals surface area contributed by atoms with Crippen LogP contribution >= 0.6 is 11.6 Å². The summed E-state index contributed by atoms with van der Waals surface area (Å²) in [6.07, 6.45) is 1.47. The lowest BCUT2D eigenvalue weighted by Gasteiger charge is -2.38. The van der Waals surface area contributed by atoms with Crippen LogP contribution in [0.3, 0.4) is 0 Å². The Labute approximate surface area is 80.7 Å². The number of hydrogen-bond donors (Lipinski definition) is 3. The maximum atomic E-state index is 9.95. The van der Waals surface area contributed by atoms with Gasteiger partial charge in [0.1, 0.15) is 11.4 Å². The largest absolute Gasteiger partial charge is 0.383 e. The van der Waals surface area contributed by atoms with E-state index in [-0.39, 0.29) is 0 Å². The van der Waals surface area contributed by atoms with E-state index in [1.54, 1.807) is 6.07 Å². The van der Waals surface area contributed by atoms with Crippen molar-refractivity contribution in [1.82, 2.24) is 10.3 Å². The molecule has 0 aliphatic carbocycles. The first-order chi connectivity index (χ1) is 6.12. The minimum atomic E-state index is -0.887. The molecule has 1 aliphatic heterocycles. The summed E-state index contributed by atoms with van der Waals surface area (Å²) in [6.45, 7) is 0.998. The molecule has 1 aromatic heterocycles. The van der Waals surface area contributed by atoms with Crippen LogP contribution in [-0.2, 0) is 5.60 Å². The fourth-order valence-corrected chi connectivity index (χ4v) is 1.53. The van der Waals surface area contributed by atoms with Gasteiger partial charge in [-0.05, 0) is 6.07 Å². The number of β-amino-alcohol motifs (C(OH)–C–C–N with tert-alkyl or cyclic N) is 1. The number of hydrogen-bond acceptors (Lipinski definition) is 4. The Morgan fingerprint density at radius 3 is 2.85 bits per heavy atom. The molecule has 0 unspecified atom stereocenters. The molecule has 4 nitrogen and oxygen atoms in total. The van der Waals surface area contributed by atoms with Crippen molar-refractivity contribution in [2.45, 2.75) is 5.60 Å². The standard InChI is InChI=1S/C8H10ClN3O/c9-5-1-6(7(10)12-2-5)8(13)3-11-4-8/h1-2,11,13H,3-4H2,(H2,10,12). The van der Waals surface area contributed by atoms with E-state index in [0.29, 0.717) is 29.5 Å². The molecule has 1 aliphatic rings. The van der Waals surface area contributed by atoms with Crippen LogP contribution in [0.4, 0.5) is 5.82 Å². The summed E-state index contributed by atoms with van der Waals surface area (Å²) in [4.78, 5) is 3.88. The third kappa shape index (κ3) is 1.37. The molecule has 1 saturated heterocycles. The molecule has 5 heteroatoms. The SMILES string of the molecule is Nc1ncc(Cl)cc1C1(O)CNC1. The average molecular weight is 200 g/mol. The first kappa shape index (κ1) is 8.74. The topological polar surface area (TPSA) is 71.2 Å². The van der Waals surface area contributed by atoms with Crippen LogP contribution in [0.2, 0.25) is 5.02 Å². The van der Waals surface area contributed by atoms with Gasteiger partial charge in [0.2, 0.25) is 0 Å². The second-order valence-corrected chi connectivity index (χ2v) is 3.66. The van der Waals surface area contributed by atoms with E-state index >= 15 is 0 Å². The number of nitrogens with one attached hydrogen (secondary N) is 1. The fourth-order valence-electron chi connectivity index (χ4n) is 1.37. The summed E-state index contributed by atoms with van der Waals surface area (Å²) in [6, 6.07) is 1.66. The van der Waals surface area contributed by atoms with Crippen molar-refractivity contribution < 1.29 is 5.11 Å². The molecule has 0 spiro atoms. The highest BCUT2D eigenvalue weighted by Gasteiger charge is 2.38. The monoisotopic (exact) mass is 199 g/mol. The van der Waals surface area contributed by atoms with Crippen molar-refractivity contribution in [3.8, 4) is 0 Å². The van der Waals surface area contributed by atoms with E-state index in [1.165, 1.54) is 6.20 Å². The first-order valence-corrected chi connectivity index (χ1v) is 4.34. The molecule has 70 valence electrons. The van der Waals surface area contributed by atoms with Crippen LogP contribution in [0.5, 0.6) is 0 Å². The van der Waals surface area contributed by atoms with Gasteiger partial charge in [0, 0.05) is 24.8 Å². The van der Waals surface area contributed by atoms with E-state index in [2.05, 4.69) is 10.3 Å². The van der Waals surface area contributed by atoms with Gasteiger partial charge >= 0.3 is 0 Å². The Kier molecular flexibility index (Phi) is 1.91. The predicted molar refractivity (Wildman–Crippen MR) is 50.4 cm³/mol. The molecule has 0 radical (unpaired) electrons. The summed E-state index contributed by atoms with van der Waals surface area (Å²) < 4.78 is 0. The lowest BCUT2D eigenvalue weighted by molar-refractivity contribution is -0.0141. The lowest BCUT2D eigenvalue weighted by Crippen LogP contribution is -2.57. The quantitative estimate of drug-likeness (QED) is 0.601. The number of aliphatic hydroxyl groups is 1. The maximum absolute atomic E-state index is 9.95. The first-order valence-electron chi connectivity index (χ1n) is 3.96. The summed E-state index contributed by atoms with van der Waals surface area (Å²) in [7, 11) is 0. The third-order valence-corrected chi connectivity index (χ3v) is 2.43. The number of nitrogen functional groups attached to an aromatic ring is 1. The minimum Gasteiger partial charge on any atom is -0.383 e. The smallest absolute Gasteiger partial charge is 0.129 e. The van der Waals surface area contributed by atoms with E-state index < -0.39 is 5.60 Å². The molecule has 2 heterocycles. The van der Waals surface area contributed by atoms with Crippen LogP contribution in [0, 0.1) is 0 Å². The zero-order chi connectivity index (χ0) is 9.47. The van der Waals surface area contributed by atoms with Gasteiger partial charge in [-0.3, -0.25) is 0 Å². The van der Waals surface area contributed by atoms with Crippen LogP contribution in [0.15, 0.2) is 12.3 Å². The van der Waals surface area contributed by atoms with E-state index in [9.17, 15) is 5.11 Å². The molecule has 0 amide bonds. The average Bonchev–Trinajstić information content (AvgIpc) is 2.05. The minimum absolute atomic E-state index is 0.341. The Morgan fingerprint density at radius 1 is 1.62 bits per heavy atom. The summed E-state index contributed by atoms with van der Waals surface area (Å²) in [5.74, 6) is 0.341. The zero-order valence-electron chi connectivity index (χ0n) is 6.92. The number of pyridine rings is 1. The zero-order valence-corrected chi connectivity index (χ0v) is 7.67. The molecular weight excluding hydrogens is 190 g/mol. The van der Waals surface area contributed by atoms with Crippen molar-refractivity contribution in [1.29, 1.82) is 0 Å². The van der Waals surface area contributed by atoms with Gasteiger partial charge in [0.05, 0.1) is 5.02 Å². The molecule has 1 fully saturated rings. The summed E-state index contributed by atoms with van der Waals surface area (Å²) in [5.41, 5.74) is 5.35. The molecule has 1 aromatic rings. The molecule has 0 aromatic carbocycles. The highest BCUT2D eigenvalue weighted by Crippen LogP contribution is 2.30. The number of aromatic nitrogens is 1. The Bertz CT molecular complexity index is 338. The van der Waals surface area contributed by atoms with Crippen LogP contribution < -0.4 is 11.1 Å². The molecule has 4 N–H and O–H groups in total. The normalized spacial score (nSPS) is 19.5. The number of halogens is 1. The van der Waals surface area contributed by atoms with Crippen LogP contribution in [0.1, 0.15) is 5.56 Å². The number of nitrogens with two attached hydrogens (primary N) is 1. The Morgan fingerprint density at radius 2 is 2.31 bits per heavy atom. The summed E-state index contributed by atoms with van der Waals surface area (Å²) >= 11 is 5.75. The lowest BCUT2D eigenvalue weighted by atomic mass is 9.89. The van der Waals surface area contributed by atoms with Gasteiger partial charge in [0.25, 0.3) is 0 Å². The van der Waals surface area contributed by atoms with E-state index in [4.69, 9.17) is 17.3 Å². The number of rotatable bonds is 1. The van der Waals surface area contributed by atoms with Crippen molar-refractivity contribution in [2.75, 3.05) is 18.8 Å².